The summed E-state index contributed by atoms with van der Waals surface area (Å²) >= 11 is 0. The second-order valence-electron chi connectivity index (χ2n) is 12.1. The van der Waals surface area contributed by atoms with Crippen LogP contribution >= 0.6 is 0 Å². The lowest BCUT2D eigenvalue weighted by molar-refractivity contribution is -0.156. The molecule has 0 radical (unpaired) electrons. The summed E-state index contributed by atoms with van der Waals surface area (Å²) in [6.07, 6.45) is 9.22. The minimum atomic E-state index is -1.32. The Morgan fingerprint density at radius 2 is 1.45 bits per heavy atom. The summed E-state index contributed by atoms with van der Waals surface area (Å²) in [6.45, 7) is 3.61. The molecule has 0 bridgehead atoms. The third-order valence-electron chi connectivity index (χ3n) is 9.21. The predicted octanol–water partition coefficient (Wildman–Crippen LogP) is 10.5. The van der Waals surface area contributed by atoms with Gasteiger partial charge in [0, 0.05) is 16.7 Å². The van der Waals surface area contributed by atoms with Crippen molar-refractivity contribution in [2.24, 2.45) is 5.92 Å². The topological polar surface area (TPSA) is 35.5 Å². The van der Waals surface area contributed by atoms with Crippen molar-refractivity contribution in [1.82, 2.24) is 0 Å². The van der Waals surface area contributed by atoms with Crippen LogP contribution in [-0.4, -0.2) is 18.7 Å². The molecule has 3 aromatic rings. The highest BCUT2D eigenvalue weighted by Crippen LogP contribution is 2.40. The first-order chi connectivity index (χ1) is 22.6. The second kappa shape index (κ2) is 15.3. The summed E-state index contributed by atoms with van der Waals surface area (Å²) in [4.78, 5) is 13.0. The summed E-state index contributed by atoms with van der Waals surface area (Å²) in [6, 6.07) is 8.21. The van der Waals surface area contributed by atoms with Gasteiger partial charge >= 0.3 is 5.97 Å². The molecule has 0 amide bonds. The molecule has 0 saturated heterocycles. The van der Waals surface area contributed by atoms with Crippen molar-refractivity contribution in [3.63, 3.8) is 0 Å². The highest BCUT2D eigenvalue weighted by molar-refractivity contribution is 5.76. The Labute approximate surface area is 271 Å². The van der Waals surface area contributed by atoms with Crippen LogP contribution < -0.4 is 4.74 Å². The Morgan fingerprint density at radius 3 is 2.11 bits per heavy atom. The standard InChI is InChI=1S/C38H38F6O3/c1-3-5-6-7-24-14-17-27(33(40)32(24)39)22-8-10-25(11-9-22)38(45)47-26-15-12-23(13-16-26)28-18-19-29(35(42)34(28)41)30-20-21-31(46-4-2)37(44)36(30)43/h3,5,8,14,17-21,23,25-26H,4,6-7,9-13,15-16H2,1-2H3/b5-3+. The number of ether oxygens (including phenoxy) is 2. The van der Waals surface area contributed by atoms with E-state index < -0.39 is 46.4 Å². The van der Waals surface area contributed by atoms with Crippen LogP contribution in [0.1, 0.15) is 87.8 Å². The van der Waals surface area contributed by atoms with Gasteiger partial charge in [-0.2, -0.15) is 4.39 Å². The maximum Gasteiger partial charge on any atom is 0.309 e. The molecule has 0 aliphatic heterocycles. The fraction of sp³-hybridized carbons (Fsp3) is 0.395. The third kappa shape index (κ3) is 7.44. The highest BCUT2D eigenvalue weighted by atomic mass is 19.2. The van der Waals surface area contributed by atoms with Gasteiger partial charge < -0.3 is 9.47 Å². The first-order valence-electron chi connectivity index (χ1n) is 16.2. The summed E-state index contributed by atoms with van der Waals surface area (Å²) in [5.41, 5.74) is 0.570. The van der Waals surface area contributed by atoms with Gasteiger partial charge in [0.2, 0.25) is 5.82 Å². The van der Waals surface area contributed by atoms with Crippen LogP contribution in [0.25, 0.3) is 16.7 Å². The zero-order valence-electron chi connectivity index (χ0n) is 26.5. The average molecular weight is 657 g/mol. The van der Waals surface area contributed by atoms with E-state index >= 15 is 8.78 Å². The zero-order chi connectivity index (χ0) is 33.7. The van der Waals surface area contributed by atoms with E-state index in [1.165, 1.54) is 18.2 Å². The molecule has 0 heterocycles. The number of hydrogen-bond acceptors (Lipinski definition) is 3. The number of benzene rings is 3. The predicted molar refractivity (Wildman–Crippen MR) is 169 cm³/mol. The van der Waals surface area contributed by atoms with Gasteiger partial charge in [-0.3, -0.25) is 4.79 Å². The van der Waals surface area contributed by atoms with Crippen molar-refractivity contribution < 1.29 is 40.6 Å². The van der Waals surface area contributed by atoms with Crippen molar-refractivity contribution in [2.75, 3.05) is 6.61 Å². The van der Waals surface area contributed by atoms with Gasteiger partial charge in [-0.1, -0.05) is 42.5 Å². The molecule has 0 aromatic heterocycles. The zero-order valence-corrected chi connectivity index (χ0v) is 26.5. The molecule has 250 valence electrons. The van der Waals surface area contributed by atoms with E-state index in [-0.39, 0.29) is 47.0 Å². The number of esters is 1. The monoisotopic (exact) mass is 656 g/mol. The molecule has 1 atom stereocenters. The van der Waals surface area contributed by atoms with Gasteiger partial charge in [0.05, 0.1) is 12.5 Å². The van der Waals surface area contributed by atoms with Crippen LogP contribution in [-0.2, 0) is 16.0 Å². The minimum Gasteiger partial charge on any atom is -0.491 e. The molecule has 0 spiro atoms. The van der Waals surface area contributed by atoms with E-state index in [1.807, 2.05) is 19.1 Å². The molecule has 1 fully saturated rings. The lowest BCUT2D eigenvalue weighted by Gasteiger charge is -2.30. The van der Waals surface area contributed by atoms with Crippen LogP contribution in [0.15, 0.2) is 54.6 Å². The van der Waals surface area contributed by atoms with E-state index in [9.17, 15) is 22.4 Å². The largest absolute Gasteiger partial charge is 0.491 e. The maximum atomic E-state index is 15.2. The number of carbonyl (C=O) groups excluding carboxylic acids is 1. The van der Waals surface area contributed by atoms with E-state index in [0.29, 0.717) is 68.9 Å². The second-order valence-corrected chi connectivity index (χ2v) is 12.1. The van der Waals surface area contributed by atoms with Gasteiger partial charge in [0.15, 0.2) is 34.8 Å². The number of allylic oxidation sites excluding steroid dienone is 4. The molecular weight excluding hydrogens is 618 g/mol. The molecule has 9 heteroatoms. The Morgan fingerprint density at radius 1 is 0.787 bits per heavy atom. The molecule has 2 aliphatic rings. The number of halogens is 6. The van der Waals surface area contributed by atoms with Crippen LogP contribution in [0.3, 0.4) is 0 Å². The lowest BCUT2D eigenvalue weighted by atomic mass is 9.81. The summed E-state index contributed by atoms with van der Waals surface area (Å²) in [5, 5.41) is 0. The van der Waals surface area contributed by atoms with E-state index in [2.05, 4.69) is 0 Å². The van der Waals surface area contributed by atoms with Crippen LogP contribution in [0, 0.1) is 40.8 Å². The van der Waals surface area contributed by atoms with Gasteiger partial charge in [0.1, 0.15) is 6.10 Å². The molecule has 2 aliphatic carbocycles. The van der Waals surface area contributed by atoms with Gasteiger partial charge in [-0.15, -0.1) is 0 Å². The first kappa shape index (κ1) is 34.3. The lowest BCUT2D eigenvalue weighted by Crippen LogP contribution is -2.28. The quantitative estimate of drug-likeness (QED) is 0.124. The fourth-order valence-corrected chi connectivity index (χ4v) is 6.58. The van der Waals surface area contributed by atoms with Gasteiger partial charge in [-0.25, -0.2) is 22.0 Å². The number of hydrogen-bond donors (Lipinski definition) is 0. The molecule has 0 N–H and O–H groups in total. The van der Waals surface area contributed by atoms with Crippen LogP contribution in [0.4, 0.5) is 26.3 Å². The number of rotatable bonds is 10. The molecule has 3 nitrogen and oxygen atoms in total. The maximum absolute atomic E-state index is 15.2. The molecule has 5 rings (SSSR count). The van der Waals surface area contributed by atoms with Crippen molar-refractivity contribution in [3.8, 4) is 16.9 Å². The Balaban J connectivity index is 1.16. The SMILES string of the molecule is C/C=C/CCc1ccc(C2=CCC(C(=O)OC3CCC(c4ccc(-c5ccc(OCC)c(F)c5F)c(F)c4F)CC3)CC2)c(F)c1F. The Hall–Kier alpha value is -4.01. The summed E-state index contributed by atoms with van der Waals surface area (Å²) in [7, 11) is 0. The summed E-state index contributed by atoms with van der Waals surface area (Å²) < 4.78 is 99.8. The molecule has 1 unspecified atom stereocenters. The highest BCUT2D eigenvalue weighted by Gasteiger charge is 2.32. The number of carbonyl (C=O) groups is 1. The van der Waals surface area contributed by atoms with Gasteiger partial charge in [-0.05, 0) is 106 Å². The van der Waals surface area contributed by atoms with Crippen molar-refractivity contribution in [1.29, 1.82) is 0 Å². The first-order valence-corrected chi connectivity index (χ1v) is 16.2. The van der Waals surface area contributed by atoms with E-state index in [4.69, 9.17) is 9.47 Å². The third-order valence-corrected chi connectivity index (χ3v) is 9.21. The molecular formula is C38H38F6O3. The van der Waals surface area contributed by atoms with Crippen LogP contribution in [0.2, 0.25) is 0 Å². The van der Waals surface area contributed by atoms with Crippen molar-refractivity contribution >= 4 is 11.5 Å². The van der Waals surface area contributed by atoms with Gasteiger partial charge in [0.25, 0.3) is 0 Å². The van der Waals surface area contributed by atoms with E-state index in [0.717, 1.165) is 6.07 Å². The molecule has 47 heavy (non-hydrogen) atoms. The average Bonchev–Trinajstić information content (AvgIpc) is 3.07. The molecule has 3 aromatic carbocycles. The summed E-state index contributed by atoms with van der Waals surface area (Å²) in [5.74, 6) is -8.06. The molecule has 1 saturated carbocycles. The number of aryl methyl sites for hydroxylation is 1. The van der Waals surface area contributed by atoms with Crippen molar-refractivity contribution in [2.45, 2.75) is 83.7 Å². The smallest absolute Gasteiger partial charge is 0.309 e. The van der Waals surface area contributed by atoms with E-state index in [1.54, 1.807) is 25.1 Å². The Bertz CT molecular complexity index is 1670. The fourth-order valence-electron chi connectivity index (χ4n) is 6.58. The normalized spacial score (nSPS) is 19.9. The minimum absolute atomic E-state index is 0.118. The van der Waals surface area contributed by atoms with Crippen molar-refractivity contribution in [3.05, 3.63) is 106 Å². The Kier molecular flexibility index (Phi) is 11.1. The van der Waals surface area contributed by atoms with Crippen LogP contribution in [0.5, 0.6) is 5.75 Å².